The monoisotopic (exact) mass is 183 g/mol. The first-order valence-corrected chi connectivity index (χ1v) is 5.23. The number of hydrogen-bond donors (Lipinski definition) is 1. The average Bonchev–Trinajstić information content (AvgIpc) is 2.81. The van der Waals surface area contributed by atoms with Crippen molar-refractivity contribution in [2.45, 2.75) is 50.6 Å². The van der Waals surface area contributed by atoms with Gasteiger partial charge in [-0.05, 0) is 19.8 Å². The molecule has 2 aliphatic rings. The molecular formula is C10H17NO2. The van der Waals surface area contributed by atoms with Crippen LogP contribution in [0.2, 0.25) is 0 Å². The van der Waals surface area contributed by atoms with Gasteiger partial charge in [-0.3, -0.25) is 10.1 Å². The summed E-state index contributed by atoms with van der Waals surface area (Å²) in [5.41, 5.74) is 0.143. The minimum absolute atomic E-state index is 0.00718. The first-order chi connectivity index (χ1) is 6.28. The summed E-state index contributed by atoms with van der Waals surface area (Å²) in [7, 11) is 0. The molecule has 2 fully saturated rings. The zero-order valence-electron chi connectivity index (χ0n) is 8.14. The largest absolute Gasteiger partial charge is 0.465 e. The highest BCUT2D eigenvalue weighted by Crippen LogP contribution is 2.41. The van der Waals surface area contributed by atoms with Crippen molar-refractivity contribution < 1.29 is 9.53 Å². The zero-order valence-corrected chi connectivity index (χ0v) is 8.14. The van der Waals surface area contributed by atoms with Crippen LogP contribution in [0.15, 0.2) is 0 Å². The molecule has 0 bridgehead atoms. The summed E-state index contributed by atoms with van der Waals surface area (Å²) in [6.07, 6.45) is 6.12. The Bertz CT molecular complexity index is 209. The van der Waals surface area contributed by atoms with Gasteiger partial charge in [-0.25, -0.2) is 0 Å². The Balaban J connectivity index is 1.88. The molecule has 74 valence electrons. The van der Waals surface area contributed by atoms with E-state index in [9.17, 15) is 4.79 Å². The summed E-state index contributed by atoms with van der Waals surface area (Å²) in [6.45, 7) is 2.35. The van der Waals surface area contributed by atoms with Crippen molar-refractivity contribution in [3.05, 3.63) is 0 Å². The maximum Gasteiger partial charge on any atom is 0.325 e. The Morgan fingerprint density at radius 3 is 2.77 bits per heavy atom. The quantitative estimate of drug-likeness (QED) is 0.517. The van der Waals surface area contributed by atoms with Crippen molar-refractivity contribution in [1.82, 2.24) is 5.32 Å². The van der Waals surface area contributed by atoms with Gasteiger partial charge in [0.25, 0.3) is 0 Å². The molecule has 0 unspecified atom stereocenters. The lowest BCUT2D eigenvalue weighted by Crippen LogP contribution is -2.25. The number of carbonyl (C=O) groups excluding carboxylic acids is 1. The standard InChI is InChI=1S/C10H17NO2/c1-2-13-9(12)8-10(11-8)6-4-3-5-7-10/h8,11H,2-7H2,1H3/t8-/m0/s1. The summed E-state index contributed by atoms with van der Waals surface area (Å²) in [5, 5.41) is 3.29. The molecule has 1 heterocycles. The summed E-state index contributed by atoms with van der Waals surface area (Å²) < 4.78 is 4.99. The van der Waals surface area contributed by atoms with Crippen LogP contribution in [0.25, 0.3) is 0 Å². The van der Waals surface area contributed by atoms with Gasteiger partial charge < -0.3 is 4.74 Å². The topological polar surface area (TPSA) is 48.2 Å². The second kappa shape index (κ2) is 3.29. The van der Waals surface area contributed by atoms with Gasteiger partial charge in [-0.1, -0.05) is 19.3 Å². The van der Waals surface area contributed by atoms with Crippen LogP contribution in [0.4, 0.5) is 0 Å². The van der Waals surface area contributed by atoms with E-state index in [-0.39, 0.29) is 17.6 Å². The number of rotatable bonds is 2. The van der Waals surface area contributed by atoms with E-state index in [1.165, 1.54) is 19.3 Å². The van der Waals surface area contributed by atoms with E-state index in [0.29, 0.717) is 6.61 Å². The Labute approximate surface area is 78.8 Å². The lowest BCUT2D eigenvalue weighted by molar-refractivity contribution is -0.142. The predicted octanol–water partition coefficient (Wildman–Crippen LogP) is 1.22. The van der Waals surface area contributed by atoms with Crippen LogP contribution in [0.5, 0.6) is 0 Å². The minimum Gasteiger partial charge on any atom is -0.465 e. The Morgan fingerprint density at radius 1 is 1.46 bits per heavy atom. The van der Waals surface area contributed by atoms with Crippen LogP contribution in [-0.2, 0) is 9.53 Å². The van der Waals surface area contributed by atoms with Crippen LogP contribution < -0.4 is 5.32 Å². The Morgan fingerprint density at radius 2 is 2.15 bits per heavy atom. The molecule has 1 spiro atoms. The molecule has 0 amide bonds. The summed E-state index contributed by atoms with van der Waals surface area (Å²) >= 11 is 0. The fraction of sp³-hybridized carbons (Fsp3) is 0.900. The van der Waals surface area contributed by atoms with Crippen LogP contribution in [-0.4, -0.2) is 24.2 Å². The highest BCUT2D eigenvalue weighted by molar-refractivity contribution is 5.81. The molecule has 2 rings (SSSR count). The van der Waals surface area contributed by atoms with Gasteiger partial charge in [0, 0.05) is 5.54 Å². The van der Waals surface area contributed by atoms with Gasteiger partial charge in [-0.2, -0.15) is 0 Å². The maximum atomic E-state index is 11.4. The maximum absolute atomic E-state index is 11.4. The van der Waals surface area contributed by atoms with Crippen molar-refractivity contribution in [2.24, 2.45) is 0 Å². The van der Waals surface area contributed by atoms with Gasteiger partial charge in [-0.15, -0.1) is 0 Å². The number of nitrogens with one attached hydrogen (secondary N) is 1. The van der Waals surface area contributed by atoms with Crippen molar-refractivity contribution >= 4 is 5.97 Å². The predicted molar refractivity (Wildman–Crippen MR) is 49.4 cm³/mol. The number of hydrogen-bond acceptors (Lipinski definition) is 3. The smallest absolute Gasteiger partial charge is 0.325 e. The fourth-order valence-corrected chi connectivity index (χ4v) is 2.37. The second-order valence-corrected chi connectivity index (χ2v) is 4.05. The third-order valence-corrected chi connectivity index (χ3v) is 3.17. The first-order valence-electron chi connectivity index (χ1n) is 5.23. The van der Waals surface area contributed by atoms with Crippen molar-refractivity contribution in [3.8, 4) is 0 Å². The van der Waals surface area contributed by atoms with Crippen LogP contribution >= 0.6 is 0 Å². The van der Waals surface area contributed by atoms with Gasteiger partial charge in [0.05, 0.1) is 6.61 Å². The molecule has 1 saturated carbocycles. The molecule has 1 aliphatic carbocycles. The lowest BCUT2D eigenvalue weighted by atomic mass is 9.86. The SMILES string of the molecule is CCOC(=O)[C@@H]1NC12CCCCC2. The molecule has 0 aromatic heterocycles. The average molecular weight is 183 g/mol. The highest BCUT2D eigenvalue weighted by atomic mass is 16.5. The van der Waals surface area contributed by atoms with Gasteiger partial charge in [0.15, 0.2) is 0 Å². The molecule has 3 nitrogen and oxygen atoms in total. The molecule has 3 heteroatoms. The van der Waals surface area contributed by atoms with E-state index < -0.39 is 0 Å². The molecule has 13 heavy (non-hydrogen) atoms. The number of esters is 1. The second-order valence-electron chi connectivity index (χ2n) is 4.05. The molecule has 1 saturated heterocycles. The Hall–Kier alpha value is -0.570. The van der Waals surface area contributed by atoms with Crippen LogP contribution in [0.3, 0.4) is 0 Å². The van der Waals surface area contributed by atoms with Crippen molar-refractivity contribution in [1.29, 1.82) is 0 Å². The molecule has 1 N–H and O–H groups in total. The van der Waals surface area contributed by atoms with E-state index >= 15 is 0 Å². The van der Waals surface area contributed by atoms with Gasteiger partial charge in [0.1, 0.15) is 6.04 Å². The van der Waals surface area contributed by atoms with E-state index in [2.05, 4.69) is 5.32 Å². The molecule has 1 aliphatic heterocycles. The third-order valence-electron chi connectivity index (χ3n) is 3.17. The van der Waals surface area contributed by atoms with Crippen LogP contribution in [0, 0.1) is 0 Å². The van der Waals surface area contributed by atoms with E-state index in [4.69, 9.17) is 4.74 Å². The van der Waals surface area contributed by atoms with E-state index in [1.807, 2.05) is 6.92 Å². The van der Waals surface area contributed by atoms with E-state index in [0.717, 1.165) is 12.8 Å². The van der Waals surface area contributed by atoms with Crippen molar-refractivity contribution in [2.75, 3.05) is 6.61 Å². The minimum atomic E-state index is -0.0515. The fourth-order valence-electron chi connectivity index (χ4n) is 2.37. The summed E-state index contributed by atoms with van der Waals surface area (Å²) in [4.78, 5) is 11.4. The van der Waals surface area contributed by atoms with Gasteiger partial charge in [0.2, 0.25) is 0 Å². The first kappa shape index (κ1) is 9.00. The van der Waals surface area contributed by atoms with Gasteiger partial charge >= 0.3 is 5.97 Å². The zero-order chi connectivity index (χ0) is 9.31. The van der Waals surface area contributed by atoms with Crippen LogP contribution in [0.1, 0.15) is 39.0 Å². The number of carbonyl (C=O) groups is 1. The molecule has 0 aromatic carbocycles. The molecular weight excluding hydrogens is 166 g/mol. The molecule has 0 aromatic rings. The summed E-state index contributed by atoms with van der Waals surface area (Å²) in [6, 6.07) is 0.00718. The van der Waals surface area contributed by atoms with Crippen molar-refractivity contribution in [3.63, 3.8) is 0 Å². The van der Waals surface area contributed by atoms with E-state index in [1.54, 1.807) is 0 Å². The normalized spacial score (nSPS) is 30.1. The lowest BCUT2D eigenvalue weighted by Gasteiger charge is -2.19. The third kappa shape index (κ3) is 1.57. The molecule has 0 radical (unpaired) electrons. The molecule has 1 atom stereocenters. The number of ether oxygens (including phenoxy) is 1. The Kier molecular flexibility index (Phi) is 2.28. The summed E-state index contributed by atoms with van der Waals surface area (Å²) in [5.74, 6) is -0.0515. The highest BCUT2D eigenvalue weighted by Gasteiger charge is 2.58.